The van der Waals surface area contributed by atoms with Gasteiger partial charge in [-0.3, -0.25) is 8.37 Å². The number of esters is 2. The molecule has 20 heteroatoms. The van der Waals surface area contributed by atoms with Gasteiger partial charge in [0.2, 0.25) is 12.6 Å². The van der Waals surface area contributed by atoms with Gasteiger partial charge in [-0.2, -0.15) is 16.8 Å². The van der Waals surface area contributed by atoms with E-state index in [-0.39, 0.29) is 0 Å². The van der Waals surface area contributed by atoms with Crippen LogP contribution in [0.25, 0.3) is 0 Å². The molecule has 47 heavy (non-hydrogen) atoms. The topological polar surface area (TPSA) is 251 Å². The number of carbonyl (C=O) groups is 4. The van der Waals surface area contributed by atoms with Gasteiger partial charge in [0, 0.05) is 24.7 Å². The fourth-order valence-electron chi connectivity index (χ4n) is 3.03. The monoisotopic (exact) mass is 724 g/mol. The van der Waals surface area contributed by atoms with Crippen molar-refractivity contribution in [2.75, 3.05) is 24.7 Å². The molecule has 0 aromatic rings. The van der Waals surface area contributed by atoms with Crippen molar-refractivity contribution in [3.63, 3.8) is 0 Å². The minimum atomic E-state index is -4.36. The van der Waals surface area contributed by atoms with E-state index < -0.39 is 123 Å². The van der Waals surface area contributed by atoms with Crippen molar-refractivity contribution in [2.24, 2.45) is 10.8 Å². The van der Waals surface area contributed by atoms with Crippen LogP contribution < -0.4 is 0 Å². The third kappa shape index (κ3) is 18.4. The summed E-state index contributed by atoms with van der Waals surface area (Å²) in [6.07, 6.45) is -10.4. The molecule has 276 valence electrons. The lowest BCUT2D eigenvalue weighted by Crippen LogP contribution is -2.43. The molecule has 0 aliphatic carbocycles. The molecule has 0 aliphatic rings. The van der Waals surface area contributed by atoms with Crippen LogP contribution in [0.4, 0.5) is 9.59 Å². The molecule has 2 N–H and O–H groups in total. The Hall–Kier alpha value is -2.78. The van der Waals surface area contributed by atoms with E-state index in [1.165, 1.54) is 41.5 Å². The molecule has 0 spiro atoms. The number of hydrogen-bond donors (Lipinski definition) is 2. The van der Waals surface area contributed by atoms with Crippen LogP contribution in [0.15, 0.2) is 0 Å². The zero-order chi connectivity index (χ0) is 37.0. The molecule has 4 unspecified atom stereocenters. The maximum Gasteiger partial charge on any atom is 0.511 e. The highest BCUT2D eigenvalue weighted by Crippen LogP contribution is 2.25. The zero-order valence-electron chi connectivity index (χ0n) is 28.2. The SMILES string of the molecule is CC(C)OC(=O)OC(C)OC(=O)C(O)C(C)(C)COS(=O)(=O)CCCS(=O)(=O)OCC(C)(C)C(O)C(=O)OC(C)OC(=O)OC(C)C. The molecule has 0 rings (SSSR count). The summed E-state index contributed by atoms with van der Waals surface area (Å²) in [6.45, 7) is 12.4. The third-order valence-corrected chi connectivity index (χ3v) is 8.22. The lowest BCUT2D eigenvalue weighted by Gasteiger charge is -2.29. The van der Waals surface area contributed by atoms with Gasteiger partial charge in [-0.1, -0.05) is 27.7 Å². The second-order valence-corrected chi connectivity index (χ2v) is 15.8. The normalized spacial score (nSPS) is 15.3. The molecule has 0 aliphatic heterocycles. The van der Waals surface area contributed by atoms with Crippen LogP contribution in [0.5, 0.6) is 0 Å². The molecular weight excluding hydrogens is 676 g/mol. The Morgan fingerprint density at radius 2 is 0.851 bits per heavy atom. The van der Waals surface area contributed by atoms with E-state index in [0.717, 1.165) is 0 Å². The summed E-state index contributed by atoms with van der Waals surface area (Å²) in [6, 6.07) is 0. The van der Waals surface area contributed by atoms with Crippen LogP contribution in [0.1, 0.15) is 75.7 Å². The van der Waals surface area contributed by atoms with Gasteiger partial charge in [-0.05, 0) is 34.1 Å². The molecule has 0 saturated carbocycles. The highest BCUT2D eigenvalue weighted by Gasteiger charge is 2.39. The molecule has 18 nitrogen and oxygen atoms in total. The summed E-state index contributed by atoms with van der Waals surface area (Å²) < 4.78 is 87.9. The molecule has 0 saturated heterocycles. The number of aliphatic hydroxyl groups excluding tert-OH is 2. The molecule has 0 aromatic carbocycles. The maximum absolute atomic E-state index is 12.4. The van der Waals surface area contributed by atoms with Crippen LogP contribution >= 0.6 is 0 Å². The van der Waals surface area contributed by atoms with Crippen molar-refractivity contribution in [3.05, 3.63) is 0 Å². The Bertz CT molecular complexity index is 1160. The molecule has 0 bridgehead atoms. The first kappa shape index (κ1) is 44.2. The molecule has 0 fully saturated rings. The number of ether oxygens (including phenoxy) is 6. The van der Waals surface area contributed by atoms with Crippen molar-refractivity contribution in [3.8, 4) is 0 Å². The number of carbonyl (C=O) groups excluding carboxylic acids is 4. The quantitative estimate of drug-likeness (QED) is 0.0785. The van der Waals surface area contributed by atoms with Crippen molar-refractivity contribution >= 4 is 44.5 Å². The first-order chi connectivity index (χ1) is 21.2. The van der Waals surface area contributed by atoms with E-state index in [2.05, 4.69) is 0 Å². The number of aliphatic hydroxyl groups is 2. The van der Waals surface area contributed by atoms with Crippen LogP contribution in [0.3, 0.4) is 0 Å². The molecule has 0 aromatic heterocycles. The molecule has 0 amide bonds. The van der Waals surface area contributed by atoms with E-state index in [1.54, 1.807) is 27.7 Å². The molecule has 0 radical (unpaired) electrons. The third-order valence-electron chi connectivity index (χ3n) is 5.69. The summed E-state index contributed by atoms with van der Waals surface area (Å²) in [4.78, 5) is 47.6. The molecular formula is C27H48O18S2. The highest BCUT2D eigenvalue weighted by molar-refractivity contribution is 7.87. The predicted molar refractivity (Wildman–Crippen MR) is 160 cm³/mol. The van der Waals surface area contributed by atoms with E-state index in [1.807, 2.05) is 0 Å². The van der Waals surface area contributed by atoms with E-state index >= 15 is 0 Å². The minimum absolute atomic E-state index is 0.483. The van der Waals surface area contributed by atoms with Gasteiger partial charge >= 0.3 is 24.2 Å². The van der Waals surface area contributed by atoms with E-state index in [0.29, 0.717) is 0 Å². The predicted octanol–water partition coefficient (Wildman–Crippen LogP) is 1.75. The van der Waals surface area contributed by atoms with Crippen LogP contribution in [-0.2, 0) is 66.6 Å². The van der Waals surface area contributed by atoms with Gasteiger partial charge in [-0.15, -0.1) is 0 Å². The second-order valence-electron chi connectivity index (χ2n) is 12.3. The highest BCUT2D eigenvalue weighted by atomic mass is 32.2. The van der Waals surface area contributed by atoms with Crippen LogP contribution in [-0.4, -0.2) is 113 Å². The average Bonchev–Trinajstić information content (AvgIpc) is 2.88. The van der Waals surface area contributed by atoms with Gasteiger partial charge in [0.15, 0.2) is 12.2 Å². The number of rotatable bonds is 20. The van der Waals surface area contributed by atoms with Crippen molar-refractivity contribution < 1.29 is 83.0 Å². The lowest BCUT2D eigenvalue weighted by molar-refractivity contribution is -0.186. The standard InChI is InChI=1S/C27H48O18S2/c1-16(2)40-24(32)44-18(5)42-22(30)20(28)26(7,8)14-38-46(34,35)12-11-13-47(36,37)39-15-27(9,10)21(29)23(31)43-19(6)45-25(33)41-17(3)4/h16-21,28-29H,11-15H2,1-10H3. The van der Waals surface area contributed by atoms with Gasteiger partial charge in [0.1, 0.15) is 0 Å². The van der Waals surface area contributed by atoms with Gasteiger partial charge < -0.3 is 38.6 Å². The molecule has 4 atom stereocenters. The Morgan fingerprint density at radius 3 is 1.13 bits per heavy atom. The second kappa shape index (κ2) is 18.7. The minimum Gasteiger partial charge on any atom is -0.431 e. The van der Waals surface area contributed by atoms with Crippen molar-refractivity contribution in [1.29, 1.82) is 0 Å². The first-order valence-electron chi connectivity index (χ1n) is 14.5. The summed E-state index contributed by atoms with van der Waals surface area (Å²) >= 11 is 0. The number of hydrogen-bond acceptors (Lipinski definition) is 18. The van der Waals surface area contributed by atoms with Gasteiger partial charge in [-0.25, -0.2) is 19.2 Å². The van der Waals surface area contributed by atoms with E-state index in [9.17, 15) is 46.2 Å². The van der Waals surface area contributed by atoms with Crippen LogP contribution in [0, 0.1) is 10.8 Å². The average molecular weight is 725 g/mol. The molecule has 0 heterocycles. The largest absolute Gasteiger partial charge is 0.511 e. The van der Waals surface area contributed by atoms with Crippen molar-refractivity contribution in [1.82, 2.24) is 0 Å². The Balaban J connectivity index is 4.87. The summed E-state index contributed by atoms with van der Waals surface area (Å²) in [5.74, 6) is -4.05. The van der Waals surface area contributed by atoms with Gasteiger partial charge in [0.25, 0.3) is 20.2 Å². The fraction of sp³-hybridized carbons (Fsp3) is 0.852. The Labute approximate surface area is 275 Å². The summed E-state index contributed by atoms with van der Waals surface area (Å²) in [5, 5.41) is 20.7. The zero-order valence-corrected chi connectivity index (χ0v) is 29.9. The fourth-order valence-corrected chi connectivity index (χ4v) is 5.41. The summed E-state index contributed by atoms with van der Waals surface area (Å²) in [7, 11) is -8.71. The van der Waals surface area contributed by atoms with Crippen molar-refractivity contribution in [2.45, 2.75) is 113 Å². The lowest BCUT2D eigenvalue weighted by atomic mass is 9.87. The van der Waals surface area contributed by atoms with Gasteiger partial charge in [0.05, 0.1) is 36.9 Å². The van der Waals surface area contributed by atoms with E-state index in [4.69, 9.17) is 36.8 Å². The first-order valence-corrected chi connectivity index (χ1v) is 17.6. The van der Waals surface area contributed by atoms with Crippen LogP contribution in [0.2, 0.25) is 0 Å². The maximum atomic E-state index is 12.4. The summed E-state index contributed by atoms with van der Waals surface area (Å²) in [5.41, 5.74) is -3.04. The Kier molecular flexibility index (Phi) is 17.6. The Morgan fingerprint density at radius 1 is 0.553 bits per heavy atom. The smallest absolute Gasteiger partial charge is 0.431 e.